The number of aromatic nitrogens is 3. The molecule has 152 valence electrons. The second-order valence-electron chi connectivity index (χ2n) is 7.72. The zero-order chi connectivity index (χ0) is 20.9. The van der Waals surface area contributed by atoms with Gasteiger partial charge < -0.3 is 9.88 Å². The highest BCUT2D eigenvalue weighted by Gasteiger charge is 2.12. The van der Waals surface area contributed by atoms with Gasteiger partial charge in [0.25, 0.3) is 5.91 Å². The van der Waals surface area contributed by atoms with Gasteiger partial charge in [0.2, 0.25) is 0 Å². The van der Waals surface area contributed by atoms with Crippen molar-refractivity contribution < 1.29 is 4.79 Å². The first-order valence-corrected chi connectivity index (χ1v) is 10.3. The van der Waals surface area contributed by atoms with Crippen LogP contribution in [-0.2, 0) is 13.0 Å². The number of para-hydroxylation sites is 2. The van der Waals surface area contributed by atoms with Gasteiger partial charge in [-0.3, -0.25) is 9.78 Å². The second-order valence-corrected chi connectivity index (χ2v) is 7.72. The molecular weight excluding hydrogens is 372 g/mol. The molecule has 1 N–H and O–H groups in total. The topological polar surface area (TPSA) is 59.8 Å². The summed E-state index contributed by atoms with van der Waals surface area (Å²) in [5, 5.41) is 2.95. The van der Waals surface area contributed by atoms with Gasteiger partial charge in [0.05, 0.1) is 11.0 Å². The van der Waals surface area contributed by atoms with Crippen LogP contribution in [0.25, 0.3) is 11.0 Å². The molecule has 4 rings (SSSR count). The molecule has 4 aromatic rings. The first kappa shape index (κ1) is 19.8. The van der Waals surface area contributed by atoms with Gasteiger partial charge in [-0.2, -0.15) is 0 Å². The Balaban J connectivity index is 1.52. The number of hydrogen-bond acceptors (Lipinski definition) is 3. The maximum atomic E-state index is 12.3. The summed E-state index contributed by atoms with van der Waals surface area (Å²) in [6.07, 6.45) is 2.27. The molecule has 0 aliphatic heterocycles. The number of pyridine rings is 1. The van der Waals surface area contributed by atoms with Gasteiger partial charge >= 0.3 is 0 Å². The molecule has 1 amide bonds. The van der Waals surface area contributed by atoms with Crippen molar-refractivity contribution in [2.75, 3.05) is 6.54 Å². The summed E-state index contributed by atoms with van der Waals surface area (Å²) in [6.45, 7) is 5.67. The zero-order valence-corrected chi connectivity index (χ0v) is 17.4. The van der Waals surface area contributed by atoms with Crippen LogP contribution in [0.1, 0.15) is 47.2 Å². The SMILES string of the molecule is CC(C)c1ccc(Cn2c(CCNC(=O)c3ccccn3)nc3ccccc32)cc1. The van der Waals surface area contributed by atoms with Crippen molar-refractivity contribution in [2.24, 2.45) is 0 Å². The summed E-state index contributed by atoms with van der Waals surface area (Å²) in [5.74, 6) is 1.32. The number of fused-ring (bicyclic) bond motifs is 1. The number of imidazole rings is 1. The Morgan fingerprint density at radius 1 is 1.00 bits per heavy atom. The highest BCUT2D eigenvalue weighted by Crippen LogP contribution is 2.20. The lowest BCUT2D eigenvalue weighted by atomic mass is 10.0. The molecule has 0 unspecified atom stereocenters. The standard InChI is InChI=1S/C25H26N4O/c1-18(2)20-12-10-19(11-13-20)17-29-23-9-4-3-7-21(23)28-24(29)14-16-27-25(30)22-8-5-6-15-26-22/h3-13,15,18H,14,16-17H2,1-2H3,(H,27,30). The Kier molecular flexibility index (Phi) is 5.89. The van der Waals surface area contributed by atoms with E-state index in [4.69, 9.17) is 4.98 Å². The maximum absolute atomic E-state index is 12.3. The first-order chi connectivity index (χ1) is 14.6. The van der Waals surface area contributed by atoms with Crippen LogP contribution in [0, 0.1) is 0 Å². The van der Waals surface area contributed by atoms with Gasteiger partial charge in [0, 0.05) is 25.7 Å². The molecule has 2 heterocycles. The van der Waals surface area contributed by atoms with Crippen LogP contribution in [0.3, 0.4) is 0 Å². The zero-order valence-electron chi connectivity index (χ0n) is 17.4. The quantitative estimate of drug-likeness (QED) is 0.496. The van der Waals surface area contributed by atoms with Gasteiger partial charge in [-0.15, -0.1) is 0 Å². The average Bonchev–Trinajstić information content (AvgIpc) is 3.12. The fourth-order valence-electron chi connectivity index (χ4n) is 3.56. The normalized spacial score (nSPS) is 11.2. The van der Waals surface area contributed by atoms with Crippen molar-refractivity contribution in [3.05, 3.63) is 95.6 Å². The minimum absolute atomic E-state index is 0.164. The van der Waals surface area contributed by atoms with Gasteiger partial charge in [-0.05, 0) is 41.3 Å². The summed E-state index contributed by atoms with van der Waals surface area (Å²) in [5.41, 5.74) is 5.09. The van der Waals surface area contributed by atoms with Crippen molar-refractivity contribution in [2.45, 2.75) is 32.7 Å². The van der Waals surface area contributed by atoms with E-state index in [0.29, 0.717) is 24.6 Å². The number of nitrogens with one attached hydrogen (secondary N) is 1. The molecule has 0 atom stereocenters. The molecule has 5 heteroatoms. The van der Waals surface area contributed by atoms with Crippen molar-refractivity contribution in [1.29, 1.82) is 0 Å². The highest BCUT2D eigenvalue weighted by molar-refractivity contribution is 5.92. The van der Waals surface area contributed by atoms with Crippen LogP contribution in [0.2, 0.25) is 0 Å². The van der Waals surface area contributed by atoms with Crippen LogP contribution < -0.4 is 5.32 Å². The smallest absolute Gasteiger partial charge is 0.269 e. The van der Waals surface area contributed by atoms with Gasteiger partial charge in [0.15, 0.2) is 0 Å². The van der Waals surface area contributed by atoms with E-state index in [2.05, 4.69) is 59.0 Å². The van der Waals surface area contributed by atoms with Crippen LogP contribution in [0.4, 0.5) is 0 Å². The van der Waals surface area contributed by atoms with Crippen LogP contribution in [-0.4, -0.2) is 27.0 Å². The van der Waals surface area contributed by atoms with Crippen molar-refractivity contribution in [3.8, 4) is 0 Å². The number of rotatable bonds is 7. The number of amides is 1. The molecule has 0 saturated heterocycles. The Hall–Kier alpha value is -3.47. The summed E-state index contributed by atoms with van der Waals surface area (Å²) in [7, 11) is 0. The molecule has 2 aromatic heterocycles. The molecule has 0 fully saturated rings. The summed E-state index contributed by atoms with van der Waals surface area (Å²) < 4.78 is 2.24. The minimum atomic E-state index is -0.164. The van der Waals surface area contributed by atoms with Gasteiger partial charge in [-0.1, -0.05) is 56.3 Å². The average molecular weight is 399 g/mol. The van der Waals surface area contributed by atoms with Gasteiger partial charge in [0.1, 0.15) is 11.5 Å². The second kappa shape index (κ2) is 8.91. The van der Waals surface area contributed by atoms with E-state index in [1.165, 1.54) is 11.1 Å². The fourth-order valence-corrected chi connectivity index (χ4v) is 3.56. The third-order valence-electron chi connectivity index (χ3n) is 5.25. The lowest BCUT2D eigenvalue weighted by Crippen LogP contribution is -2.27. The number of hydrogen-bond donors (Lipinski definition) is 1. The third-order valence-corrected chi connectivity index (χ3v) is 5.25. The van der Waals surface area contributed by atoms with Crippen molar-refractivity contribution >= 4 is 16.9 Å². The van der Waals surface area contributed by atoms with E-state index < -0.39 is 0 Å². The van der Waals surface area contributed by atoms with E-state index in [9.17, 15) is 4.79 Å². The first-order valence-electron chi connectivity index (χ1n) is 10.3. The van der Waals surface area contributed by atoms with E-state index in [0.717, 1.165) is 23.4 Å². The van der Waals surface area contributed by atoms with E-state index >= 15 is 0 Å². The monoisotopic (exact) mass is 398 g/mol. The predicted octanol–water partition coefficient (Wildman–Crippen LogP) is 4.58. The molecule has 0 aliphatic carbocycles. The highest BCUT2D eigenvalue weighted by atomic mass is 16.1. The molecule has 0 spiro atoms. The van der Waals surface area contributed by atoms with Gasteiger partial charge in [-0.25, -0.2) is 4.98 Å². The van der Waals surface area contributed by atoms with E-state index in [-0.39, 0.29) is 5.91 Å². The number of benzene rings is 2. The molecule has 5 nitrogen and oxygen atoms in total. The third kappa shape index (κ3) is 4.40. The molecule has 2 aromatic carbocycles. The fraction of sp³-hybridized carbons (Fsp3) is 0.240. The van der Waals surface area contributed by atoms with Crippen LogP contribution in [0.15, 0.2) is 72.9 Å². The molecule has 0 bridgehead atoms. The minimum Gasteiger partial charge on any atom is -0.350 e. The van der Waals surface area contributed by atoms with Crippen LogP contribution in [0.5, 0.6) is 0 Å². The van der Waals surface area contributed by atoms with Crippen molar-refractivity contribution in [1.82, 2.24) is 19.9 Å². The summed E-state index contributed by atoms with van der Waals surface area (Å²) in [6, 6.07) is 22.3. The Bertz CT molecular complexity index is 1130. The maximum Gasteiger partial charge on any atom is 0.269 e. The Labute approximate surface area is 176 Å². The lowest BCUT2D eigenvalue weighted by molar-refractivity contribution is 0.0949. The van der Waals surface area contributed by atoms with Crippen LogP contribution >= 0.6 is 0 Å². The number of carbonyl (C=O) groups excluding carboxylic acids is 1. The summed E-state index contributed by atoms with van der Waals surface area (Å²) >= 11 is 0. The number of carbonyl (C=O) groups is 1. The summed E-state index contributed by atoms with van der Waals surface area (Å²) in [4.78, 5) is 21.2. The molecular formula is C25H26N4O. The molecule has 0 radical (unpaired) electrons. The van der Waals surface area contributed by atoms with E-state index in [1.807, 2.05) is 24.3 Å². The van der Waals surface area contributed by atoms with E-state index in [1.54, 1.807) is 18.3 Å². The Morgan fingerprint density at radius 2 is 1.77 bits per heavy atom. The lowest BCUT2D eigenvalue weighted by Gasteiger charge is -2.12. The molecule has 0 saturated carbocycles. The number of nitrogens with zero attached hydrogens (tertiary/aromatic N) is 3. The largest absolute Gasteiger partial charge is 0.350 e. The predicted molar refractivity (Wildman–Crippen MR) is 120 cm³/mol. The Morgan fingerprint density at radius 3 is 2.50 bits per heavy atom. The molecule has 30 heavy (non-hydrogen) atoms. The van der Waals surface area contributed by atoms with Crippen molar-refractivity contribution in [3.63, 3.8) is 0 Å². The molecule has 0 aliphatic rings.